The summed E-state index contributed by atoms with van der Waals surface area (Å²) in [5.41, 5.74) is 6.73. The normalized spacial score (nSPS) is 18.8. The Balaban J connectivity index is 1.29. The van der Waals surface area contributed by atoms with Crippen LogP contribution in [0.3, 0.4) is 0 Å². The van der Waals surface area contributed by atoms with Gasteiger partial charge in [0.1, 0.15) is 5.82 Å². The fourth-order valence-electron chi connectivity index (χ4n) is 4.09. The highest BCUT2D eigenvalue weighted by Gasteiger charge is 2.23. The fraction of sp³-hybridized carbons (Fsp3) is 0.636. The van der Waals surface area contributed by atoms with Crippen LogP contribution in [0.25, 0.3) is 0 Å². The molecule has 2 saturated heterocycles. The van der Waals surface area contributed by atoms with E-state index in [0.29, 0.717) is 37.9 Å². The molecule has 2 fully saturated rings. The largest absolute Gasteiger partial charge is 0.450 e. The fourth-order valence-corrected chi connectivity index (χ4v) is 4.09. The number of hydrogen-bond donors (Lipinski definition) is 2. The molecule has 0 radical (unpaired) electrons. The number of nitrogens with one attached hydrogen (secondary N) is 1. The quantitative estimate of drug-likeness (QED) is 0.387. The molecule has 0 atom stereocenters. The van der Waals surface area contributed by atoms with Gasteiger partial charge in [-0.3, -0.25) is 9.89 Å². The van der Waals surface area contributed by atoms with Gasteiger partial charge >= 0.3 is 6.09 Å². The number of anilines is 1. The molecule has 2 aliphatic heterocycles. The maximum atomic E-state index is 13.9. The maximum Gasteiger partial charge on any atom is 0.409 e. The van der Waals surface area contributed by atoms with Gasteiger partial charge in [-0.05, 0) is 38.3 Å². The minimum atomic E-state index is -0.239. The molecule has 172 valence electrons. The molecule has 0 unspecified atom stereocenters. The molecule has 0 aromatic heterocycles. The Bertz CT molecular complexity index is 730. The number of guanidine groups is 1. The Morgan fingerprint density at radius 3 is 2.58 bits per heavy atom. The van der Waals surface area contributed by atoms with Crippen molar-refractivity contribution in [3.05, 3.63) is 30.1 Å². The van der Waals surface area contributed by atoms with E-state index in [2.05, 4.69) is 20.1 Å². The molecule has 0 spiro atoms. The van der Waals surface area contributed by atoms with Crippen LogP contribution < -0.4 is 16.0 Å². The van der Waals surface area contributed by atoms with Gasteiger partial charge in [-0.2, -0.15) is 0 Å². The van der Waals surface area contributed by atoms with Crippen molar-refractivity contribution in [1.29, 1.82) is 0 Å². The molecule has 0 saturated carbocycles. The van der Waals surface area contributed by atoms with Crippen LogP contribution in [-0.4, -0.2) is 86.9 Å². The SMILES string of the molecule is CCOC(=O)N1CCC(NC(N)=NCCCN2CCN(c3ccccc3F)CC2)CC1. The van der Waals surface area contributed by atoms with Crippen molar-refractivity contribution in [2.45, 2.75) is 32.2 Å². The molecule has 2 aliphatic rings. The number of likely N-dealkylation sites (tertiary alicyclic amines) is 1. The lowest BCUT2D eigenvalue weighted by Crippen LogP contribution is -2.48. The number of piperidine rings is 1. The van der Waals surface area contributed by atoms with Gasteiger partial charge in [0.05, 0.1) is 12.3 Å². The van der Waals surface area contributed by atoms with E-state index in [9.17, 15) is 9.18 Å². The van der Waals surface area contributed by atoms with Crippen LogP contribution in [0.4, 0.5) is 14.9 Å². The summed E-state index contributed by atoms with van der Waals surface area (Å²) < 4.78 is 19.0. The number of carbonyl (C=O) groups is 1. The van der Waals surface area contributed by atoms with Gasteiger partial charge in [0.15, 0.2) is 5.96 Å². The lowest BCUT2D eigenvalue weighted by molar-refractivity contribution is 0.0963. The zero-order chi connectivity index (χ0) is 22.1. The van der Waals surface area contributed by atoms with Gasteiger partial charge < -0.3 is 25.6 Å². The number of amides is 1. The Kier molecular flexibility index (Phi) is 8.75. The number of aliphatic imine (C=N–C) groups is 1. The van der Waals surface area contributed by atoms with Crippen LogP contribution in [-0.2, 0) is 4.74 Å². The predicted octanol–water partition coefficient (Wildman–Crippen LogP) is 1.86. The van der Waals surface area contributed by atoms with Crippen molar-refractivity contribution in [2.75, 3.05) is 63.9 Å². The topological polar surface area (TPSA) is 86.4 Å². The van der Waals surface area contributed by atoms with E-state index in [4.69, 9.17) is 10.5 Å². The Morgan fingerprint density at radius 1 is 1.19 bits per heavy atom. The van der Waals surface area contributed by atoms with E-state index in [1.807, 2.05) is 19.1 Å². The van der Waals surface area contributed by atoms with E-state index in [1.165, 1.54) is 6.07 Å². The smallest absolute Gasteiger partial charge is 0.409 e. The van der Waals surface area contributed by atoms with E-state index in [0.717, 1.165) is 52.0 Å². The summed E-state index contributed by atoms with van der Waals surface area (Å²) in [5, 5.41) is 3.27. The Labute approximate surface area is 184 Å². The number of piperazine rings is 1. The van der Waals surface area contributed by atoms with Gasteiger partial charge in [0.2, 0.25) is 0 Å². The molecule has 31 heavy (non-hydrogen) atoms. The predicted molar refractivity (Wildman–Crippen MR) is 121 cm³/mol. The first-order chi connectivity index (χ1) is 15.1. The van der Waals surface area contributed by atoms with Crippen LogP contribution in [0.5, 0.6) is 0 Å². The Morgan fingerprint density at radius 2 is 1.90 bits per heavy atom. The molecule has 9 heteroatoms. The molecule has 1 aromatic rings. The summed E-state index contributed by atoms with van der Waals surface area (Å²) in [4.78, 5) is 22.4. The van der Waals surface area contributed by atoms with E-state index in [1.54, 1.807) is 11.0 Å². The third-order valence-electron chi connectivity index (χ3n) is 5.85. The van der Waals surface area contributed by atoms with Crippen molar-refractivity contribution in [1.82, 2.24) is 15.1 Å². The number of nitrogens with two attached hydrogens (primary N) is 1. The highest BCUT2D eigenvalue weighted by molar-refractivity contribution is 5.78. The summed E-state index contributed by atoms with van der Waals surface area (Å²) in [6, 6.07) is 7.20. The van der Waals surface area contributed by atoms with E-state index >= 15 is 0 Å². The first-order valence-electron chi connectivity index (χ1n) is 11.3. The summed E-state index contributed by atoms with van der Waals surface area (Å²) in [5.74, 6) is 0.318. The molecular weight excluding hydrogens is 399 g/mol. The number of para-hydroxylation sites is 1. The van der Waals surface area contributed by atoms with Crippen LogP contribution in [0.15, 0.2) is 29.3 Å². The first kappa shape index (κ1) is 23.1. The summed E-state index contributed by atoms with van der Waals surface area (Å²) in [6.07, 6.45) is 2.36. The second-order valence-electron chi connectivity index (χ2n) is 8.01. The van der Waals surface area contributed by atoms with Crippen LogP contribution in [0, 0.1) is 5.82 Å². The summed E-state index contributed by atoms with van der Waals surface area (Å²) in [6.45, 7) is 8.69. The van der Waals surface area contributed by atoms with Gasteiger partial charge in [-0.1, -0.05) is 12.1 Å². The van der Waals surface area contributed by atoms with E-state index in [-0.39, 0.29) is 18.0 Å². The minimum Gasteiger partial charge on any atom is -0.450 e. The van der Waals surface area contributed by atoms with Crippen molar-refractivity contribution in [3.63, 3.8) is 0 Å². The molecule has 0 bridgehead atoms. The number of ether oxygens (including phenoxy) is 1. The lowest BCUT2D eigenvalue weighted by atomic mass is 10.1. The molecule has 0 aliphatic carbocycles. The number of carbonyl (C=O) groups excluding carboxylic acids is 1. The molecule has 8 nitrogen and oxygen atoms in total. The van der Waals surface area contributed by atoms with Crippen molar-refractivity contribution in [3.8, 4) is 0 Å². The number of rotatable bonds is 7. The van der Waals surface area contributed by atoms with Crippen molar-refractivity contribution >= 4 is 17.7 Å². The second kappa shape index (κ2) is 11.7. The molecule has 3 N–H and O–H groups in total. The maximum absolute atomic E-state index is 13.9. The molecule has 3 rings (SSSR count). The average Bonchev–Trinajstić information content (AvgIpc) is 2.78. The lowest BCUT2D eigenvalue weighted by Gasteiger charge is -2.36. The third-order valence-corrected chi connectivity index (χ3v) is 5.85. The van der Waals surface area contributed by atoms with Gasteiger partial charge in [0, 0.05) is 58.4 Å². The van der Waals surface area contributed by atoms with Crippen molar-refractivity contribution < 1.29 is 13.9 Å². The Hall–Kier alpha value is -2.55. The van der Waals surface area contributed by atoms with Gasteiger partial charge in [-0.25, -0.2) is 9.18 Å². The van der Waals surface area contributed by atoms with Crippen LogP contribution >= 0.6 is 0 Å². The number of nitrogens with zero attached hydrogens (tertiary/aromatic N) is 4. The highest BCUT2D eigenvalue weighted by atomic mass is 19.1. The zero-order valence-corrected chi connectivity index (χ0v) is 18.4. The standard InChI is InChI=1S/C22H35FN6O2/c1-2-31-22(30)29-12-8-18(9-13-29)26-21(24)25-10-5-11-27-14-16-28(17-15-27)20-7-4-3-6-19(20)23/h3-4,6-7,18H,2,5,8-17H2,1H3,(H3,24,25,26). The second-order valence-corrected chi connectivity index (χ2v) is 8.01. The molecule has 1 aromatic carbocycles. The van der Waals surface area contributed by atoms with Gasteiger partial charge in [-0.15, -0.1) is 0 Å². The number of halogens is 1. The third kappa shape index (κ3) is 6.99. The zero-order valence-electron chi connectivity index (χ0n) is 18.4. The first-order valence-corrected chi connectivity index (χ1v) is 11.3. The van der Waals surface area contributed by atoms with Crippen LogP contribution in [0.1, 0.15) is 26.2 Å². The molecule has 2 heterocycles. The number of benzene rings is 1. The van der Waals surface area contributed by atoms with Crippen molar-refractivity contribution in [2.24, 2.45) is 10.7 Å². The summed E-state index contributed by atoms with van der Waals surface area (Å²) in [7, 11) is 0. The number of hydrogen-bond acceptors (Lipinski definition) is 5. The highest BCUT2D eigenvalue weighted by Crippen LogP contribution is 2.20. The summed E-state index contributed by atoms with van der Waals surface area (Å²) >= 11 is 0. The molecule has 1 amide bonds. The van der Waals surface area contributed by atoms with Crippen LogP contribution in [0.2, 0.25) is 0 Å². The average molecular weight is 435 g/mol. The van der Waals surface area contributed by atoms with Gasteiger partial charge in [0.25, 0.3) is 0 Å². The monoisotopic (exact) mass is 434 g/mol. The molecular formula is C22H35FN6O2. The minimum absolute atomic E-state index is 0.153. The van der Waals surface area contributed by atoms with E-state index < -0.39 is 0 Å².